The van der Waals surface area contributed by atoms with Crippen LogP contribution in [0.3, 0.4) is 0 Å². The van der Waals surface area contributed by atoms with Crippen molar-refractivity contribution in [3.8, 4) is 23.0 Å². The van der Waals surface area contributed by atoms with E-state index in [1.165, 1.54) is 6.08 Å². The van der Waals surface area contributed by atoms with Crippen molar-refractivity contribution < 1.29 is 17.9 Å². The maximum absolute atomic E-state index is 13.5. The molecule has 2 aromatic carbocycles. The van der Waals surface area contributed by atoms with E-state index in [9.17, 15) is 18.5 Å². The molecule has 2 saturated heterocycles. The molecule has 10 heteroatoms. The summed E-state index contributed by atoms with van der Waals surface area (Å²) in [5, 5.41) is 17.4. The second-order valence-electron chi connectivity index (χ2n) is 10.1. The van der Waals surface area contributed by atoms with Crippen molar-refractivity contribution in [1.29, 1.82) is 5.26 Å². The molecule has 0 spiro atoms. The van der Waals surface area contributed by atoms with Crippen molar-refractivity contribution in [1.82, 2.24) is 19.4 Å². The molecule has 1 amide bonds. The fourth-order valence-electron chi connectivity index (χ4n) is 5.08. The van der Waals surface area contributed by atoms with Crippen LogP contribution in [0.5, 0.6) is 0 Å². The van der Waals surface area contributed by atoms with Crippen molar-refractivity contribution in [3.63, 3.8) is 0 Å². The van der Waals surface area contributed by atoms with E-state index >= 15 is 0 Å². The molecule has 9 nitrogen and oxygen atoms in total. The number of hydrogen-bond donors (Lipinski definition) is 1. The van der Waals surface area contributed by atoms with Crippen LogP contribution in [0.1, 0.15) is 44.1 Å². The molecule has 2 aliphatic heterocycles. The SMILES string of the molecule is N#C/C(=C\c1cn(-c2ccccc2)nc1-c1cccc(S(=O)(=O)N2CCCCCC2)c1)C(=O)NC[C@H]1CCCO1. The average Bonchev–Trinajstić information content (AvgIpc) is 3.57. The number of benzene rings is 2. The number of para-hydroxylation sites is 1. The Morgan fingerprint density at radius 3 is 2.55 bits per heavy atom. The molecule has 0 unspecified atom stereocenters. The van der Waals surface area contributed by atoms with Gasteiger partial charge in [-0.05, 0) is 56.0 Å². The third kappa shape index (κ3) is 6.33. The van der Waals surface area contributed by atoms with Gasteiger partial charge in [-0.25, -0.2) is 13.1 Å². The lowest BCUT2D eigenvalue weighted by molar-refractivity contribution is -0.117. The molecule has 1 aromatic heterocycles. The second kappa shape index (κ2) is 12.6. The zero-order valence-electron chi connectivity index (χ0n) is 22.3. The highest BCUT2D eigenvalue weighted by Crippen LogP contribution is 2.29. The van der Waals surface area contributed by atoms with Gasteiger partial charge < -0.3 is 10.1 Å². The molecule has 0 saturated carbocycles. The van der Waals surface area contributed by atoms with Crippen LogP contribution in [0.25, 0.3) is 23.0 Å². The van der Waals surface area contributed by atoms with Crippen molar-refractivity contribution in [2.24, 2.45) is 0 Å². The number of aromatic nitrogens is 2. The Bertz CT molecular complexity index is 1510. The van der Waals surface area contributed by atoms with Gasteiger partial charge in [-0.2, -0.15) is 14.7 Å². The lowest BCUT2D eigenvalue weighted by Gasteiger charge is -2.20. The van der Waals surface area contributed by atoms with Crippen LogP contribution in [-0.4, -0.2) is 60.8 Å². The smallest absolute Gasteiger partial charge is 0.262 e. The monoisotopic (exact) mass is 559 g/mol. The third-order valence-electron chi connectivity index (χ3n) is 7.25. The van der Waals surface area contributed by atoms with Gasteiger partial charge in [0.2, 0.25) is 10.0 Å². The number of sulfonamides is 1. The number of carbonyl (C=O) groups is 1. The lowest BCUT2D eigenvalue weighted by Crippen LogP contribution is -2.32. The van der Waals surface area contributed by atoms with Gasteiger partial charge >= 0.3 is 0 Å². The Kier molecular flexibility index (Phi) is 8.75. The van der Waals surface area contributed by atoms with Crippen molar-refractivity contribution in [2.45, 2.75) is 49.5 Å². The Balaban J connectivity index is 1.51. The standard InChI is InChI=1S/C30H33N5O4S/c31-20-24(30(36)32-21-27-13-9-17-39-27)18-25-22-35(26-11-4-3-5-12-26)33-29(25)23-10-8-14-28(19-23)40(37,38)34-15-6-1-2-7-16-34/h3-5,8,10-12,14,18-19,22,27H,1-2,6-7,9,13,15-17,21H2,(H,32,36)/b24-18+/t27-/m1/s1. The molecule has 2 fully saturated rings. The van der Waals surface area contributed by atoms with Gasteiger partial charge in [0.25, 0.3) is 5.91 Å². The van der Waals surface area contributed by atoms with E-state index in [4.69, 9.17) is 9.84 Å². The molecule has 0 bridgehead atoms. The topological polar surface area (TPSA) is 117 Å². The fraction of sp³-hybridized carbons (Fsp3) is 0.367. The summed E-state index contributed by atoms with van der Waals surface area (Å²) >= 11 is 0. The zero-order chi connectivity index (χ0) is 28.0. The summed E-state index contributed by atoms with van der Waals surface area (Å²) in [6.45, 7) is 2.03. The van der Waals surface area contributed by atoms with Crippen LogP contribution in [0, 0.1) is 11.3 Å². The Morgan fingerprint density at radius 2 is 1.85 bits per heavy atom. The van der Waals surface area contributed by atoms with Crippen LogP contribution in [-0.2, 0) is 19.6 Å². The van der Waals surface area contributed by atoms with E-state index in [1.807, 2.05) is 36.4 Å². The summed E-state index contributed by atoms with van der Waals surface area (Å²) in [5.74, 6) is -0.492. The van der Waals surface area contributed by atoms with Crippen molar-refractivity contribution in [3.05, 3.63) is 71.9 Å². The number of rotatable bonds is 8. The van der Waals surface area contributed by atoms with E-state index < -0.39 is 15.9 Å². The highest BCUT2D eigenvalue weighted by Gasteiger charge is 2.26. The van der Waals surface area contributed by atoms with Gasteiger partial charge in [0.1, 0.15) is 17.3 Å². The number of nitrogens with zero attached hydrogens (tertiary/aromatic N) is 4. The first-order valence-corrected chi connectivity index (χ1v) is 15.2. The molecule has 40 heavy (non-hydrogen) atoms. The molecule has 2 aliphatic rings. The van der Waals surface area contributed by atoms with Gasteiger partial charge in [0, 0.05) is 43.6 Å². The minimum atomic E-state index is -3.68. The molecule has 1 N–H and O–H groups in total. The quantitative estimate of drug-likeness (QED) is 0.325. The highest BCUT2D eigenvalue weighted by molar-refractivity contribution is 7.89. The number of nitrogens with one attached hydrogen (secondary N) is 1. The Labute approximate surface area is 235 Å². The molecule has 5 rings (SSSR count). The molecule has 0 aliphatic carbocycles. The molecule has 3 aromatic rings. The first-order chi connectivity index (χ1) is 19.5. The lowest BCUT2D eigenvalue weighted by atomic mass is 10.1. The molecule has 0 radical (unpaired) electrons. The first-order valence-electron chi connectivity index (χ1n) is 13.7. The van der Waals surface area contributed by atoms with Gasteiger partial charge in [-0.1, -0.05) is 43.2 Å². The van der Waals surface area contributed by atoms with E-state index in [0.29, 0.717) is 43.1 Å². The zero-order valence-corrected chi connectivity index (χ0v) is 23.1. The number of hydrogen-bond acceptors (Lipinski definition) is 6. The normalized spacial score (nSPS) is 18.7. The molecular weight excluding hydrogens is 526 g/mol. The summed E-state index contributed by atoms with van der Waals surface area (Å²) in [4.78, 5) is 13.1. The fourth-order valence-corrected chi connectivity index (χ4v) is 6.64. The maximum atomic E-state index is 13.5. The van der Waals surface area contributed by atoms with Gasteiger partial charge in [-0.3, -0.25) is 4.79 Å². The van der Waals surface area contributed by atoms with Crippen LogP contribution in [0.4, 0.5) is 0 Å². The first kappa shape index (κ1) is 27.8. The number of amides is 1. The van der Waals surface area contributed by atoms with Gasteiger partial charge in [0.15, 0.2) is 0 Å². The Hall–Kier alpha value is -3.78. The van der Waals surface area contributed by atoms with Crippen LogP contribution < -0.4 is 5.32 Å². The number of nitriles is 1. The molecule has 3 heterocycles. The van der Waals surface area contributed by atoms with Crippen molar-refractivity contribution >= 4 is 22.0 Å². The van der Waals surface area contributed by atoms with Gasteiger partial charge in [-0.15, -0.1) is 0 Å². The summed E-state index contributed by atoms with van der Waals surface area (Å²) < 4.78 is 35.8. The molecule has 1 atom stereocenters. The third-order valence-corrected chi connectivity index (χ3v) is 9.15. The van der Waals surface area contributed by atoms with Crippen LogP contribution in [0.15, 0.2) is 71.3 Å². The van der Waals surface area contributed by atoms with Gasteiger partial charge in [0.05, 0.1) is 16.7 Å². The van der Waals surface area contributed by atoms with E-state index in [1.54, 1.807) is 39.4 Å². The summed E-state index contributed by atoms with van der Waals surface area (Å²) in [6.07, 6.45) is 8.78. The number of carbonyl (C=O) groups excluding carboxylic acids is 1. The van der Waals surface area contributed by atoms with Crippen molar-refractivity contribution in [2.75, 3.05) is 26.2 Å². The predicted molar refractivity (Wildman–Crippen MR) is 152 cm³/mol. The summed E-state index contributed by atoms with van der Waals surface area (Å²) in [7, 11) is -3.68. The van der Waals surface area contributed by atoms with Crippen LogP contribution in [0.2, 0.25) is 0 Å². The highest BCUT2D eigenvalue weighted by atomic mass is 32.2. The van der Waals surface area contributed by atoms with E-state index in [0.717, 1.165) is 44.2 Å². The predicted octanol–water partition coefficient (Wildman–Crippen LogP) is 4.31. The molecule has 208 valence electrons. The minimum Gasteiger partial charge on any atom is -0.376 e. The summed E-state index contributed by atoms with van der Waals surface area (Å²) in [6, 6.07) is 18.2. The summed E-state index contributed by atoms with van der Waals surface area (Å²) in [5.41, 5.74) is 2.29. The molecular formula is C30H33N5O4S. The maximum Gasteiger partial charge on any atom is 0.262 e. The van der Waals surface area contributed by atoms with E-state index in [2.05, 4.69) is 5.32 Å². The Morgan fingerprint density at radius 1 is 1.07 bits per heavy atom. The average molecular weight is 560 g/mol. The second-order valence-corrected chi connectivity index (χ2v) is 12.0. The largest absolute Gasteiger partial charge is 0.376 e. The number of ether oxygens (including phenoxy) is 1. The minimum absolute atomic E-state index is 0.0471. The van der Waals surface area contributed by atoms with Crippen LogP contribution >= 0.6 is 0 Å². The van der Waals surface area contributed by atoms with E-state index in [-0.39, 0.29) is 16.6 Å².